The second-order valence-corrected chi connectivity index (χ2v) is 5.08. The number of nitro benzene ring substituents is 1. The van der Waals surface area contributed by atoms with Crippen molar-refractivity contribution in [3.63, 3.8) is 0 Å². The molecule has 1 heterocycles. The van der Waals surface area contributed by atoms with Gasteiger partial charge < -0.3 is 5.32 Å². The molecule has 104 valence electrons. The van der Waals surface area contributed by atoms with E-state index < -0.39 is 0 Å². The third-order valence-electron chi connectivity index (χ3n) is 3.94. The Labute approximate surface area is 113 Å². The van der Waals surface area contributed by atoms with Gasteiger partial charge in [-0.25, -0.2) is 0 Å². The zero-order chi connectivity index (χ0) is 13.8. The second-order valence-electron chi connectivity index (χ2n) is 5.08. The molecule has 1 N–H and O–H groups in total. The maximum absolute atomic E-state index is 11.1. The fraction of sp³-hybridized carbons (Fsp3) is 0.571. The van der Waals surface area contributed by atoms with Crippen LogP contribution in [0.4, 0.5) is 5.69 Å². The SMILES string of the molecule is CNCC1CCCN1C(C)c1ccccc1[N+](=O)[O-]. The molecular weight excluding hydrogens is 242 g/mol. The molecule has 2 rings (SSSR count). The molecule has 0 bridgehead atoms. The van der Waals surface area contributed by atoms with Crippen molar-refractivity contribution in [1.29, 1.82) is 0 Å². The Balaban J connectivity index is 2.23. The summed E-state index contributed by atoms with van der Waals surface area (Å²) in [6.45, 7) is 4.01. The van der Waals surface area contributed by atoms with Gasteiger partial charge in [0.15, 0.2) is 0 Å². The van der Waals surface area contributed by atoms with Crippen molar-refractivity contribution in [3.05, 3.63) is 39.9 Å². The molecule has 0 saturated carbocycles. The van der Waals surface area contributed by atoms with E-state index in [0.29, 0.717) is 6.04 Å². The number of likely N-dealkylation sites (N-methyl/N-ethyl adjacent to an activating group) is 1. The van der Waals surface area contributed by atoms with Gasteiger partial charge in [0, 0.05) is 30.3 Å². The summed E-state index contributed by atoms with van der Waals surface area (Å²) in [6, 6.07) is 7.63. The van der Waals surface area contributed by atoms with E-state index in [4.69, 9.17) is 0 Å². The van der Waals surface area contributed by atoms with Crippen LogP contribution in [0.3, 0.4) is 0 Å². The molecule has 1 aliphatic rings. The molecule has 0 spiro atoms. The largest absolute Gasteiger partial charge is 0.318 e. The molecule has 0 aromatic heterocycles. The van der Waals surface area contributed by atoms with Crippen LogP contribution in [0.1, 0.15) is 31.4 Å². The van der Waals surface area contributed by atoms with Gasteiger partial charge in [-0.3, -0.25) is 15.0 Å². The van der Waals surface area contributed by atoms with Gasteiger partial charge in [-0.1, -0.05) is 18.2 Å². The highest BCUT2D eigenvalue weighted by atomic mass is 16.6. The summed E-state index contributed by atoms with van der Waals surface area (Å²) in [5, 5.41) is 14.3. The minimum atomic E-state index is -0.283. The van der Waals surface area contributed by atoms with Gasteiger partial charge in [0.1, 0.15) is 0 Å². The Morgan fingerprint density at radius 1 is 1.53 bits per heavy atom. The average molecular weight is 263 g/mol. The van der Waals surface area contributed by atoms with Crippen molar-refractivity contribution in [2.45, 2.75) is 31.8 Å². The number of hydrogen-bond donors (Lipinski definition) is 1. The predicted octanol–water partition coefficient (Wildman–Crippen LogP) is 2.34. The zero-order valence-corrected chi connectivity index (χ0v) is 11.5. The van der Waals surface area contributed by atoms with E-state index >= 15 is 0 Å². The first-order valence-electron chi connectivity index (χ1n) is 6.78. The van der Waals surface area contributed by atoms with Crippen LogP contribution in [0.15, 0.2) is 24.3 Å². The van der Waals surface area contributed by atoms with Crippen molar-refractivity contribution < 1.29 is 4.92 Å². The van der Waals surface area contributed by atoms with Crippen LogP contribution in [-0.4, -0.2) is 36.0 Å². The van der Waals surface area contributed by atoms with E-state index in [-0.39, 0.29) is 16.7 Å². The molecular formula is C14H21N3O2. The number of hydrogen-bond acceptors (Lipinski definition) is 4. The fourth-order valence-electron chi connectivity index (χ4n) is 3.01. The Kier molecular flexibility index (Phi) is 4.50. The number of benzene rings is 1. The minimum Gasteiger partial charge on any atom is -0.318 e. The summed E-state index contributed by atoms with van der Waals surface area (Å²) in [6.07, 6.45) is 2.32. The first-order chi connectivity index (χ1) is 9.15. The van der Waals surface area contributed by atoms with Gasteiger partial charge in [0.05, 0.1) is 4.92 Å². The molecule has 1 aromatic rings. The Morgan fingerprint density at radius 3 is 2.95 bits per heavy atom. The van der Waals surface area contributed by atoms with Gasteiger partial charge in [0.25, 0.3) is 5.69 Å². The van der Waals surface area contributed by atoms with Crippen LogP contribution >= 0.6 is 0 Å². The summed E-state index contributed by atoms with van der Waals surface area (Å²) >= 11 is 0. The molecule has 1 aromatic carbocycles. The Morgan fingerprint density at radius 2 is 2.26 bits per heavy atom. The van der Waals surface area contributed by atoms with Crippen LogP contribution in [0.2, 0.25) is 0 Å². The van der Waals surface area contributed by atoms with E-state index in [9.17, 15) is 10.1 Å². The molecule has 2 unspecified atom stereocenters. The number of nitro groups is 1. The van der Waals surface area contributed by atoms with Crippen LogP contribution in [0.5, 0.6) is 0 Å². The van der Waals surface area contributed by atoms with Crippen molar-refractivity contribution in [1.82, 2.24) is 10.2 Å². The lowest BCUT2D eigenvalue weighted by molar-refractivity contribution is -0.386. The molecule has 5 nitrogen and oxygen atoms in total. The van der Waals surface area contributed by atoms with E-state index in [0.717, 1.165) is 31.5 Å². The molecule has 2 atom stereocenters. The molecule has 5 heteroatoms. The summed E-state index contributed by atoms with van der Waals surface area (Å²) in [5.41, 5.74) is 1.04. The summed E-state index contributed by atoms with van der Waals surface area (Å²) in [4.78, 5) is 13.2. The maximum atomic E-state index is 11.1. The van der Waals surface area contributed by atoms with Crippen LogP contribution in [0.25, 0.3) is 0 Å². The maximum Gasteiger partial charge on any atom is 0.274 e. The summed E-state index contributed by atoms with van der Waals surface area (Å²) in [5.74, 6) is 0. The van der Waals surface area contributed by atoms with Gasteiger partial charge in [-0.15, -0.1) is 0 Å². The van der Waals surface area contributed by atoms with Gasteiger partial charge >= 0.3 is 0 Å². The summed E-state index contributed by atoms with van der Waals surface area (Å²) in [7, 11) is 1.95. The number of nitrogens with zero attached hydrogens (tertiary/aromatic N) is 2. The second kappa shape index (κ2) is 6.12. The van der Waals surface area contributed by atoms with Gasteiger partial charge in [-0.2, -0.15) is 0 Å². The summed E-state index contributed by atoms with van der Waals surface area (Å²) < 4.78 is 0. The molecule has 0 amide bonds. The highest BCUT2D eigenvalue weighted by Crippen LogP contribution is 2.33. The number of para-hydroxylation sites is 1. The standard InChI is InChI=1S/C14H21N3O2/c1-11(16-9-5-6-12(16)10-15-2)13-7-3-4-8-14(13)17(18)19/h3-4,7-8,11-12,15H,5-6,9-10H2,1-2H3. The van der Waals surface area contributed by atoms with E-state index in [2.05, 4.69) is 17.1 Å². The molecule has 1 fully saturated rings. The lowest BCUT2D eigenvalue weighted by atomic mass is 10.0. The van der Waals surface area contributed by atoms with Gasteiger partial charge in [0.2, 0.25) is 0 Å². The zero-order valence-electron chi connectivity index (χ0n) is 11.5. The first kappa shape index (κ1) is 14.0. The third kappa shape index (κ3) is 2.93. The fourth-order valence-corrected chi connectivity index (χ4v) is 3.01. The topological polar surface area (TPSA) is 58.4 Å². The number of likely N-dealkylation sites (tertiary alicyclic amines) is 1. The van der Waals surface area contributed by atoms with Gasteiger partial charge in [-0.05, 0) is 33.4 Å². The molecule has 1 saturated heterocycles. The predicted molar refractivity (Wildman–Crippen MR) is 75.2 cm³/mol. The van der Waals surface area contributed by atoms with Crippen LogP contribution < -0.4 is 5.32 Å². The smallest absolute Gasteiger partial charge is 0.274 e. The quantitative estimate of drug-likeness (QED) is 0.654. The van der Waals surface area contributed by atoms with E-state index in [1.165, 1.54) is 0 Å². The molecule has 19 heavy (non-hydrogen) atoms. The van der Waals surface area contributed by atoms with Crippen LogP contribution in [0, 0.1) is 10.1 Å². The highest BCUT2D eigenvalue weighted by Gasteiger charge is 2.31. The molecule has 0 aliphatic carbocycles. The first-order valence-corrected chi connectivity index (χ1v) is 6.78. The monoisotopic (exact) mass is 263 g/mol. The normalized spacial score (nSPS) is 21.5. The van der Waals surface area contributed by atoms with Crippen molar-refractivity contribution >= 4 is 5.69 Å². The van der Waals surface area contributed by atoms with Crippen molar-refractivity contribution in [2.24, 2.45) is 0 Å². The highest BCUT2D eigenvalue weighted by molar-refractivity contribution is 5.41. The number of nitrogens with one attached hydrogen (secondary N) is 1. The van der Waals surface area contributed by atoms with Crippen molar-refractivity contribution in [2.75, 3.05) is 20.1 Å². The third-order valence-corrected chi connectivity index (χ3v) is 3.94. The van der Waals surface area contributed by atoms with E-state index in [1.54, 1.807) is 12.1 Å². The average Bonchev–Trinajstić information content (AvgIpc) is 2.86. The van der Waals surface area contributed by atoms with Crippen molar-refractivity contribution in [3.8, 4) is 0 Å². The molecule has 0 radical (unpaired) electrons. The lowest BCUT2D eigenvalue weighted by Crippen LogP contribution is -2.38. The van der Waals surface area contributed by atoms with E-state index in [1.807, 2.05) is 19.2 Å². The lowest BCUT2D eigenvalue weighted by Gasteiger charge is -2.30. The Bertz CT molecular complexity index is 450. The molecule has 1 aliphatic heterocycles. The Hall–Kier alpha value is -1.46. The van der Waals surface area contributed by atoms with Crippen LogP contribution in [-0.2, 0) is 0 Å². The number of rotatable bonds is 5. The minimum absolute atomic E-state index is 0.0856.